The first-order chi connectivity index (χ1) is 15.8. The van der Waals surface area contributed by atoms with Crippen molar-refractivity contribution >= 4 is 27.5 Å². The first-order valence-electron chi connectivity index (χ1n) is 11.3. The number of rotatable bonds is 1. The molecule has 1 atom stereocenters. The normalized spacial score (nSPS) is 18.8. The lowest BCUT2D eigenvalue weighted by Crippen LogP contribution is -2.26. The Morgan fingerprint density at radius 1 is 0.688 bits per heavy atom. The van der Waals surface area contributed by atoms with Gasteiger partial charge in [0, 0.05) is 16.3 Å². The maximum atomic E-state index is 6.52. The fraction of sp³-hybridized carbons (Fsp3) is 0.0968. The Bertz CT molecular complexity index is 1640. The topological polar surface area (TPSA) is 13.1 Å². The zero-order valence-corrected chi connectivity index (χ0v) is 18.1. The molecule has 1 nitrogen and oxygen atoms in total. The summed E-state index contributed by atoms with van der Waals surface area (Å²) in [7, 11) is 0. The highest BCUT2D eigenvalue weighted by molar-refractivity contribution is 6.13. The van der Waals surface area contributed by atoms with Gasteiger partial charge >= 0.3 is 0 Å². The van der Waals surface area contributed by atoms with E-state index < -0.39 is 0 Å². The van der Waals surface area contributed by atoms with E-state index in [1.807, 2.05) is 6.07 Å². The van der Waals surface area contributed by atoms with Crippen LogP contribution in [-0.4, -0.2) is 0 Å². The fourth-order valence-electron chi connectivity index (χ4n) is 6.27. The van der Waals surface area contributed by atoms with E-state index in [1.54, 1.807) is 0 Å². The first-order valence-corrected chi connectivity index (χ1v) is 11.3. The molecule has 1 heterocycles. The fourth-order valence-corrected chi connectivity index (χ4v) is 6.27. The molecule has 0 saturated carbocycles. The van der Waals surface area contributed by atoms with Crippen LogP contribution in [0.3, 0.4) is 0 Å². The van der Waals surface area contributed by atoms with E-state index in [0.717, 1.165) is 11.2 Å². The van der Waals surface area contributed by atoms with E-state index in [2.05, 4.69) is 105 Å². The minimum Gasteiger partial charge on any atom is -0.455 e. The summed E-state index contributed by atoms with van der Waals surface area (Å²) >= 11 is 0. The Labute approximate surface area is 187 Å². The van der Waals surface area contributed by atoms with Crippen LogP contribution in [0.15, 0.2) is 107 Å². The Morgan fingerprint density at radius 2 is 1.38 bits per heavy atom. The second-order valence-corrected chi connectivity index (χ2v) is 8.84. The average molecular weight is 411 g/mol. The predicted molar refractivity (Wildman–Crippen MR) is 133 cm³/mol. The van der Waals surface area contributed by atoms with Crippen LogP contribution in [0.1, 0.15) is 36.1 Å². The molecule has 0 saturated heterocycles. The zero-order valence-electron chi connectivity index (χ0n) is 18.1. The quantitative estimate of drug-likeness (QED) is 0.271. The summed E-state index contributed by atoms with van der Waals surface area (Å²) in [5, 5.41) is 2.37. The van der Waals surface area contributed by atoms with Crippen LogP contribution in [0.25, 0.3) is 38.6 Å². The van der Waals surface area contributed by atoms with E-state index in [0.29, 0.717) is 0 Å². The Morgan fingerprint density at radius 3 is 2.19 bits per heavy atom. The van der Waals surface area contributed by atoms with Gasteiger partial charge in [-0.1, -0.05) is 91.0 Å². The molecule has 0 aliphatic heterocycles. The highest BCUT2D eigenvalue weighted by atomic mass is 16.3. The van der Waals surface area contributed by atoms with Crippen molar-refractivity contribution in [2.45, 2.75) is 19.3 Å². The highest BCUT2D eigenvalue weighted by Gasteiger charge is 2.51. The van der Waals surface area contributed by atoms with Gasteiger partial charge in [0.2, 0.25) is 0 Å². The number of fused-ring (bicyclic) bond motifs is 11. The Hall–Kier alpha value is -3.84. The lowest BCUT2D eigenvalue weighted by atomic mass is 9.70. The summed E-state index contributed by atoms with van der Waals surface area (Å²) in [5.74, 6) is 0. The summed E-state index contributed by atoms with van der Waals surface area (Å²) in [5.41, 5.74) is 12.3. The number of hydrogen-bond donors (Lipinski definition) is 0. The maximum Gasteiger partial charge on any atom is 0.143 e. The summed E-state index contributed by atoms with van der Waals surface area (Å²) in [6.45, 7) is 4.41. The average Bonchev–Trinajstić information content (AvgIpc) is 3.44. The molecule has 152 valence electrons. The third-order valence-corrected chi connectivity index (χ3v) is 7.47. The van der Waals surface area contributed by atoms with Gasteiger partial charge in [0.15, 0.2) is 0 Å². The van der Waals surface area contributed by atoms with Gasteiger partial charge in [-0.25, -0.2) is 0 Å². The van der Waals surface area contributed by atoms with Crippen LogP contribution in [-0.2, 0) is 5.41 Å². The number of hydrogen-bond acceptors (Lipinski definition) is 1. The van der Waals surface area contributed by atoms with Crippen molar-refractivity contribution in [2.24, 2.45) is 0 Å². The van der Waals surface area contributed by atoms with Crippen LogP contribution in [0.4, 0.5) is 0 Å². The third-order valence-electron chi connectivity index (χ3n) is 7.47. The van der Waals surface area contributed by atoms with Crippen LogP contribution >= 0.6 is 0 Å². The Balaban J connectivity index is 1.70. The van der Waals surface area contributed by atoms with E-state index in [9.17, 15) is 0 Å². The predicted octanol–water partition coefficient (Wildman–Crippen LogP) is 8.26. The van der Waals surface area contributed by atoms with E-state index in [1.165, 1.54) is 55.3 Å². The van der Waals surface area contributed by atoms with Crippen molar-refractivity contribution in [3.05, 3.63) is 125 Å². The third kappa shape index (κ3) is 1.91. The second-order valence-electron chi connectivity index (χ2n) is 8.84. The largest absolute Gasteiger partial charge is 0.455 e. The maximum absolute atomic E-state index is 6.52. The molecule has 0 fully saturated rings. The van der Waals surface area contributed by atoms with E-state index in [-0.39, 0.29) is 5.41 Å². The van der Waals surface area contributed by atoms with Crippen LogP contribution in [0, 0.1) is 0 Å². The number of allylic oxidation sites excluding steroid dienone is 4. The molecule has 2 aliphatic rings. The smallest absolute Gasteiger partial charge is 0.143 e. The highest BCUT2D eigenvalue weighted by Crippen LogP contribution is 2.63. The molecule has 0 bridgehead atoms. The molecule has 1 aromatic heterocycles. The molecular formula is C31H22O. The lowest BCUT2D eigenvalue weighted by molar-refractivity contribution is 0.669. The van der Waals surface area contributed by atoms with Gasteiger partial charge in [0.1, 0.15) is 11.2 Å². The monoisotopic (exact) mass is 410 g/mol. The van der Waals surface area contributed by atoms with Gasteiger partial charge in [-0.3, -0.25) is 0 Å². The molecular weight excluding hydrogens is 388 g/mol. The van der Waals surface area contributed by atoms with Gasteiger partial charge in [-0.05, 0) is 58.9 Å². The molecule has 1 unspecified atom stereocenters. The summed E-state index contributed by atoms with van der Waals surface area (Å²) < 4.78 is 6.52. The molecule has 5 aromatic rings. The molecule has 0 N–H and O–H groups in total. The first kappa shape index (κ1) is 17.8. The summed E-state index contributed by atoms with van der Waals surface area (Å²) in [6, 6.07) is 30.8. The van der Waals surface area contributed by atoms with Gasteiger partial charge in [0.05, 0.1) is 5.41 Å². The van der Waals surface area contributed by atoms with Crippen molar-refractivity contribution < 1.29 is 4.42 Å². The van der Waals surface area contributed by atoms with Crippen molar-refractivity contribution in [1.29, 1.82) is 0 Å². The zero-order chi connectivity index (χ0) is 21.4. The van der Waals surface area contributed by atoms with E-state index in [4.69, 9.17) is 4.42 Å². The van der Waals surface area contributed by atoms with Gasteiger partial charge < -0.3 is 4.42 Å². The van der Waals surface area contributed by atoms with Gasteiger partial charge in [0.25, 0.3) is 0 Å². The molecule has 0 radical (unpaired) electrons. The molecule has 2 aliphatic carbocycles. The summed E-state index contributed by atoms with van der Waals surface area (Å²) in [6.07, 6.45) is 4.42. The van der Waals surface area contributed by atoms with Crippen molar-refractivity contribution in [2.75, 3.05) is 0 Å². The Kier molecular flexibility index (Phi) is 3.40. The van der Waals surface area contributed by atoms with Crippen molar-refractivity contribution in [1.82, 2.24) is 0 Å². The van der Waals surface area contributed by atoms with E-state index >= 15 is 0 Å². The lowest BCUT2D eigenvalue weighted by Gasteiger charge is -2.31. The standard InChI is InChI=1S/C31H22O/c1-3-10-20-19(2)31(25-14-7-4-11-21(20)25)26-15-8-5-13-24(26)29-27(31)18-17-23-22-12-6-9-16-28(22)32-30(23)29/h3-18H,1-2H3. The molecule has 1 spiro atoms. The summed E-state index contributed by atoms with van der Waals surface area (Å²) in [4.78, 5) is 0. The molecule has 0 amide bonds. The van der Waals surface area contributed by atoms with Crippen molar-refractivity contribution in [3.8, 4) is 11.1 Å². The molecule has 32 heavy (non-hydrogen) atoms. The van der Waals surface area contributed by atoms with Crippen LogP contribution in [0.2, 0.25) is 0 Å². The SMILES string of the molecule is CC=CC1=C(C)C2(c3ccccc31)c1ccccc1-c1c2ccc2c1oc1ccccc12. The van der Waals surface area contributed by atoms with Gasteiger partial charge in [-0.15, -0.1) is 0 Å². The molecule has 4 aromatic carbocycles. The number of para-hydroxylation sites is 1. The molecule has 7 rings (SSSR count). The second kappa shape index (κ2) is 6.11. The van der Waals surface area contributed by atoms with Crippen LogP contribution in [0.5, 0.6) is 0 Å². The van der Waals surface area contributed by atoms with Gasteiger partial charge in [-0.2, -0.15) is 0 Å². The minimum atomic E-state index is -0.287. The number of benzene rings is 4. The van der Waals surface area contributed by atoms with Crippen LogP contribution < -0.4 is 0 Å². The minimum absolute atomic E-state index is 0.287. The molecule has 1 heteroatoms. The van der Waals surface area contributed by atoms with Crippen molar-refractivity contribution in [3.63, 3.8) is 0 Å². The number of furan rings is 1.